The molecule has 1 aromatic rings. The van der Waals surface area contributed by atoms with Crippen molar-refractivity contribution in [2.24, 2.45) is 5.41 Å². The van der Waals surface area contributed by atoms with Crippen LogP contribution in [-0.2, 0) is 25.6 Å². The molecule has 0 radical (unpaired) electrons. The maximum Gasteiger partial charge on any atom is 0.408 e. The number of nitroso groups, excluding NO2 is 1. The van der Waals surface area contributed by atoms with E-state index in [0.717, 1.165) is 30.4 Å². The zero-order chi connectivity index (χ0) is 21.7. The van der Waals surface area contributed by atoms with Gasteiger partial charge in [-0.15, -0.1) is 0 Å². The molecule has 3 fully saturated rings. The molecule has 2 heterocycles. The molecule has 3 aliphatic rings. The van der Waals surface area contributed by atoms with Gasteiger partial charge in [-0.2, -0.15) is 0 Å². The van der Waals surface area contributed by atoms with Crippen molar-refractivity contribution in [3.05, 3.63) is 34.7 Å². The minimum atomic E-state index is -1.23. The molecule has 2 bridgehead atoms. The van der Waals surface area contributed by atoms with Crippen molar-refractivity contribution in [1.29, 1.82) is 0 Å². The number of carbonyl (C=O) groups is 2. The Hall–Kier alpha value is -2.52. The quantitative estimate of drug-likeness (QED) is 0.589. The van der Waals surface area contributed by atoms with Crippen molar-refractivity contribution in [3.63, 3.8) is 0 Å². The fraction of sp³-hybridized carbons (Fsp3) is 0.619. The first kappa shape index (κ1) is 22.2. The Kier molecular flexibility index (Phi) is 7.04. The predicted molar refractivity (Wildman–Crippen MR) is 106 cm³/mol. The minimum absolute atomic E-state index is 0.0438. The number of alkyl carbamates (subject to hydrolysis) is 1. The van der Waals surface area contributed by atoms with Crippen molar-refractivity contribution >= 4 is 17.7 Å². The highest BCUT2D eigenvalue weighted by Gasteiger charge is 2.42. The van der Waals surface area contributed by atoms with E-state index >= 15 is 0 Å². The van der Waals surface area contributed by atoms with Crippen molar-refractivity contribution in [3.8, 4) is 0 Å². The number of amides is 1. The van der Waals surface area contributed by atoms with Crippen LogP contribution in [0.25, 0.3) is 0 Å². The van der Waals surface area contributed by atoms with Crippen LogP contribution < -0.4 is 5.32 Å². The summed E-state index contributed by atoms with van der Waals surface area (Å²) in [5.41, 5.74) is 1.10. The Morgan fingerprint density at radius 1 is 1.30 bits per heavy atom. The lowest BCUT2D eigenvalue weighted by molar-refractivity contribution is -0.428. The molecule has 1 aliphatic carbocycles. The van der Waals surface area contributed by atoms with Gasteiger partial charge in [0, 0.05) is 27.2 Å². The van der Waals surface area contributed by atoms with Crippen molar-refractivity contribution in [1.82, 2.24) is 5.32 Å². The van der Waals surface area contributed by atoms with Gasteiger partial charge in [0.05, 0.1) is 25.4 Å². The first-order valence-corrected chi connectivity index (χ1v) is 10.2. The third kappa shape index (κ3) is 5.54. The van der Waals surface area contributed by atoms with Crippen molar-refractivity contribution in [2.75, 3.05) is 20.3 Å². The van der Waals surface area contributed by atoms with Gasteiger partial charge in [-0.25, -0.2) is 9.59 Å². The second-order valence-electron chi connectivity index (χ2n) is 8.23. The third-order valence-corrected chi connectivity index (χ3v) is 5.95. The summed E-state index contributed by atoms with van der Waals surface area (Å²) in [5, 5.41) is 11.9. The number of hydrogen-bond acceptors (Lipinski definition) is 6. The highest BCUT2D eigenvalue weighted by atomic mass is 16.6. The third-order valence-electron chi connectivity index (χ3n) is 5.95. The number of rotatable bonds is 9. The first-order valence-electron chi connectivity index (χ1n) is 10.2. The van der Waals surface area contributed by atoms with Crippen LogP contribution in [0.1, 0.15) is 38.2 Å². The van der Waals surface area contributed by atoms with E-state index < -0.39 is 24.2 Å². The molecular formula is C21H29N2O7+. The van der Waals surface area contributed by atoms with Gasteiger partial charge in [0.1, 0.15) is 6.61 Å². The number of carboxylic acids is 1. The molecule has 164 valence electrons. The smallest absolute Gasteiger partial charge is 0.408 e. The van der Waals surface area contributed by atoms with Crippen LogP contribution in [0.3, 0.4) is 0 Å². The monoisotopic (exact) mass is 421 g/mol. The van der Waals surface area contributed by atoms with Crippen LogP contribution in [0.2, 0.25) is 0 Å². The first-order chi connectivity index (χ1) is 14.3. The molecule has 1 aromatic carbocycles. The normalized spacial score (nSPS) is 24.7. The van der Waals surface area contributed by atoms with Gasteiger partial charge in [-0.3, -0.25) is 0 Å². The van der Waals surface area contributed by atoms with Gasteiger partial charge in [0.2, 0.25) is 0 Å². The van der Waals surface area contributed by atoms with Crippen LogP contribution >= 0.6 is 0 Å². The lowest BCUT2D eigenvalue weighted by atomic mass is 9.72. The van der Waals surface area contributed by atoms with Crippen molar-refractivity contribution < 1.29 is 33.7 Å². The van der Waals surface area contributed by atoms with E-state index in [1.54, 1.807) is 31.2 Å². The van der Waals surface area contributed by atoms with Crippen LogP contribution in [0.4, 0.5) is 10.5 Å². The van der Waals surface area contributed by atoms with Gasteiger partial charge in [0.15, 0.2) is 13.1 Å². The molecular weight excluding hydrogens is 392 g/mol. The van der Waals surface area contributed by atoms with Gasteiger partial charge >= 0.3 is 12.1 Å². The summed E-state index contributed by atoms with van der Waals surface area (Å²) in [4.78, 5) is 35.0. The van der Waals surface area contributed by atoms with Gasteiger partial charge in [-0.05, 0) is 50.3 Å². The average molecular weight is 421 g/mol. The molecule has 2 atom stereocenters. The number of nitrogens with one attached hydrogen (secondary N) is 1. The van der Waals surface area contributed by atoms with E-state index in [0.29, 0.717) is 30.6 Å². The number of hydrogen-bond donors (Lipinski definition) is 2. The number of aliphatic carboxylic acids is 1. The predicted octanol–water partition coefficient (Wildman–Crippen LogP) is 2.77. The molecule has 9 nitrogen and oxygen atoms in total. The Labute approximate surface area is 175 Å². The second kappa shape index (κ2) is 9.53. The molecule has 1 saturated carbocycles. The SMILES string of the molecule is C[C@@H](OCC12CCC(CC1)OC2)[C@H](NC(=O)OCc1ccc([N+](C)=O)cc1)C(=O)O. The second-order valence-corrected chi connectivity index (χ2v) is 8.23. The van der Waals surface area contributed by atoms with E-state index in [2.05, 4.69) is 5.32 Å². The molecule has 2 aliphatic heterocycles. The number of nitrogens with zero attached hydrogens (tertiary/aromatic N) is 1. The summed E-state index contributed by atoms with van der Waals surface area (Å²) < 4.78 is 17.5. The molecule has 0 spiro atoms. The van der Waals surface area contributed by atoms with Crippen molar-refractivity contribution in [2.45, 2.75) is 57.5 Å². The molecule has 0 unspecified atom stereocenters. The summed E-state index contributed by atoms with van der Waals surface area (Å²) >= 11 is 0. The lowest BCUT2D eigenvalue weighted by Gasteiger charge is -2.46. The topological polar surface area (TPSA) is 114 Å². The molecule has 2 saturated heterocycles. The summed E-state index contributed by atoms with van der Waals surface area (Å²) in [5.74, 6) is -1.19. The molecule has 2 N–H and O–H groups in total. The maximum absolute atomic E-state index is 12.1. The molecule has 30 heavy (non-hydrogen) atoms. The summed E-state index contributed by atoms with van der Waals surface area (Å²) in [7, 11) is 1.39. The number of fused-ring (bicyclic) bond motifs is 3. The largest absolute Gasteiger partial charge is 0.480 e. The number of benzene rings is 1. The van der Waals surface area contributed by atoms with E-state index in [9.17, 15) is 19.6 Å². The zero-order valence-electron chi connectivity index (χ0n) is 17.3. The molecule has 4 rings (SSSR count). The average Bonchev–Trinajstić information content (AvgIpc) is 2.76. The van der Waals surface area contributed by atoms with E-state index in [-0.39, 0.29) is 12.0 Å². The van der Waals surface area contributed by atoms with Crippen LogP contribution in [0, 0.1) is 10.3 Å². The van der Waals surface area contributed by atoms with Gasteiger partial charge < -0.3 is 24.6 Å². The number of carboxylic acid groups (broad SMARTS) is 1. The fourth-order valence-corrected chi connectivity index (χ4v) is 3.90. The zero-order valence-corrected chi connectivity index (χ0v) is 17.3. The Morgan fingerprint density at radius 2 is 1.97 bits per heavy atom. The van der Waals surface area contributed by atoms with E-state index in [1.807, 2.05) is 0 Å². The number of ether oxygens (including phenoxy) is 3. The Balaban J connectivity index is 1.48. The van der Waals surface area contributed by atoms with Gasteiger partial charge in [0.25, 0.3) is 5.69 Å². The summed E-state index contributed by atoms with van der Waals surface area (Å²) in [6.07, 6.45) is 2.83. The highest BCUT2D eigenvalue weighted by molar-refractivity contribution is 5.80. The summed E-state index contributed by atoms with van der Waals surface area (Å²) in [6.45, 7) is 2.63. The highest BCUT2D eigenvalue weighted by Crippen LogP contribution is 2.43. The standard InChI is InChI=1S/C21H28N2O7/c1-14(29-12-21-9-7-17(8-10-21)30-13-21)18(19(24)25)22-20(26)28-11-15-3-5-16(6-4-15)23(2)27/h3-6,14,17-18H,7-13H2,1-2H3,(H-,22,24,25,26)/p+1/t14-,17?,18+,21?/m1/s1. The van der Waals surface area contributed by atoms with E-state index in [1.165, 1.54) is 7.05 Å². The molecule has 9 heteroatoms. The van der Waals surface area contributed by atoms with Crippen LogP contribution in [0.15, 0.2) is 24.3 Å². The molecule has 0 aromatic heterocycles. The van der Waals surface area contributed by atoms with E-state index in [4.69, 9.17) is 14.2 Å². The van der Waals surface area contributed by atoms with Crippen LogP contribution in [-0.4, -0.2) is 60.4 Å². The summed E-state index contributed by atoms with van der Waals surface area (Å²) in [6, 6.07) is 5.32. The lowest BCUT2D eigenvalue weighted by Crippen LogP contribution is -2.51. The number of carbonyl (C=O) groups excluding carboxylic acids is 1. The van der Waals surface area contributed by atoms with Crippen LogP contribution in [0.5, 0.6) is 0 Å². The Morgan fingerprint density at radius 3 is 2.50 bits per heavy atom. The van der Waals surface area contributed by atoms with Gasteiger partial charge in [-0.1, -0.05) is 0 Å². The Bertz CT molecular complexity index is 758. The minimum Gasteiger partial charge on any atom is -0.480 e. The fourth-order valence-electron chi connectivity index (χ4n) is 3.90. The molecule has 1 amide bonds. The maximum atomic E-state index is 12.1.